The molecule has 3 aromatic heterocycles. The highest BCUT2D eigenvalue weighted by Crippen LogP contribution is 2.28. The zero-order valence-corrected chi connectivity index (χ0v) is 22.5. The second kappa shape index (κ2) is 11.4. The number of fused-ring (bicyclic) bond motifs is 1. The maximum atomic E-state index is 11.7. The van der Waals surface area contributed by atoms with Gasteiger partial charge < -0.3 is 10.6 Å². The highest BCUT2D eigenvalue weighted by atomic mass is 35.5. The van der Waals surface area contributed by atoms with Crippen molar-refractivity contribution in [2.45, 2.75) is 38.3 Å². The maximum absolute atomic E-state index is 11.7. The Morgan fingerprint density at radius 2 is 1.73 bits per heavy atom. The van der Waals surface area contributed by atoms with Crippen LogP contribution in [-0.4, -0.2) is 82.6 Å². The molecule has 0 atom stereocenters. The first kappa shape index (κ1) is 26.0. The van der Waals surface area contributed by atoms with Gasteiger partial charge in [0.2, 0.25) is 16.0 Å². The molecule has 3 aromatic rings. The fraction of sp³-hybridized carbons (Fsp3) is 0.520. The molecule has 1 aliphatic carbocycles. The number of hydrogen-bond donors (Lipinski definition) is 2. The molecule has 1 saturated heterocycles. The molecule has 2 aliphatic rings. The molecule has 10 nitrogen and oxygen atoms in total. The van der Waals surface area contributed by atoms with Gasteiger partial charge in [-0.2, -0.15) is 4.31 Å². The van der Waals surface area contributed by atoms with Crippen molar-refractivity contribution in [1.29, 1.82) is 0 Å². The normalized spacial score (nSPS) is 21.7. The number of anilines is 2. The van der Waals surface area contributed by atoms with E-state index < -0.39 is 10.0 Å². The SMILES string of the molecule is CS(=O)(=O)N1CCN(Cc2cnc(NCC3CCC(Nc4ccc5ccnc(Cl)c5n4)CC3)nc2)CC1. The van der Waals surface area contributed by atoms with Gasteiger partial charge in [-0.3, -0.25) is 4.90 Å². The summed E-state index contributed by atoms with van der Waals surface area (Å²) < 4.78 is 24.9. The van der Waals surface area contributed by atoms with E-state index in [0.29, 0.717) is 49.2 Å². The van der Waals surface area contributed by atoms with Gasteiger partial charge in [0.15, 0.2) is 5.15 Å². The molecule has 0 radical (unpaired) electrons. The average molecular weight is 545 g/mol. The quantitative estimate of drug-likeness (QED) is 0.412. The molecule has 0 amide bonds. The summed E-state index contributed by atoms with van der Waals surface area (Å²) in [5.74, 6) is 2.07. The molecule has 37 heavy (non-hydrogen) atoms. The lowest BCUT2D eigenvalue weighted by Gasteiger charge is -2.33. The van der Waals surface area contributed by atoms with Crippen LogP contribution in [0.15, 0.2) is 36.8 Å². The molecular formula is C25H33ClN8O2S. The lowest BCUT2D eigenvalue weighted by Crippen LogP contribution is -2.47. The van der Waals surface area contributed by atoms with Gasteiger partial charge >= 0.3 is 0 Å². The van der Waals surface area contributed by atoms with Crippen LogP contribution < -0.4 is 10.6 Å². The van der Waals surface area contributed by atoms with Crippen LogP contribution in [0.25, 0.3) is 10.9 Å². The highest BCUT2D eigenvalue weighted by Gasteiger charge is 2.24. The van der Waals surface area contributed by atoms with Crippen molar-refractivity contribution in [2.75, 3.05) is 49.6 Å². The molecule has 2 N–H and O–H groups in total. The Balaban J connectivity index is 1.04. The summed E-state index contributed by atoms with van der Waals surface area (Å²) in [6.45, 7) is 4.07. The minimum atomic E-state index is -3.11. The van der Waals surface area contributed by atoms with Gasteiger partial charge in [-0.15, -0.1) is 0 Å². The molecule has 2 fully saturated rings. The van der Waals surface area contributed by atoms with E-state index in [-0.39, 0.29) is 0 Å². The van der Waals surface area contributed by atoms with Crippen molar-refractivity contribution in [3.63, 3.8) is 0 Å². The Morgan fingerprint density at radius 3 is 2.43 bits per heavy atom. The summed E-state index contributed by atoms with van der Waals surface area (Å²) in [4.78, 5) is 20.0. The fourth-order valence-electron chi connectivity index (χ4n) is 5.06. The zero-order chi connectivity index (χ0) is 25.8. The third kappa shape index (κ3) is 6.84. The molecule has 4 heterocycles. The van der Waals surface area contributed by atoms with Gasteiger partial charge in [0.1, 0.15) is 11.3 Å². The van der Waals surface area contributed by atoms with Gasteiger partial charge in [0.25, 0.3) is 0 Å². The Morgan fingerprint density at radius 1 is 1.00 bits per heavy atom. The van der Waals surface area contributed by atoms with Crippen LogP contribution in [0.1, 0.15) is 31.2 Å². The molecule has 0 aromatic carbocycles. The standard InChI is InChI=1S/C25H33ClN8O2S/c1-37(35,36)34-12-10-33(11-13-34)17-19-15-29-25(30-16-19)28-14-18-2-5-21(6-3-18)31-22-7-4-20-8-9-27-24(26)23(20)32-22/h4,7-9,15-16,18,21H,2-3,5-6,10-14,17H2,1H3,(H,31,32)(H,28,29,30). The second-order valence-electron chi connectivity index (χ2n) is 9.97. The van der Waals surface area contributed by atoms with Crippen molar-refractivity contribution in [2.24, 2.45) is 5.92 Å². The van der Waals surface area contributed by atoms with Crippen LogP contribution in [0.5, 0.6) is 0 Å². The third-order valence-electron chi connectivity index (χ3n) is 7.22. The Hall–Kier alpha value is -2.60. The largest absolute Gasteiger partial charge is 0.367 e. The lowest BCUT2D eigenvalue weighted by atomic mass is 9.86. The van der Waals surface area contributed by atoms with Crippen LogP contribution in [0, 0.1) is 5.92 Å². The molecule has 5 rings (SSSR count). The first-order valence-electron chi connectivity index (χ1n) is 12.7. The number of aromatic nitrogens is 4. The molecular weight excluding hydrogens is 512 g/mol. The van der Waals surface area contributed by atoms with E-state index in [1.54, 1.807) is 6.20 Å². The van der Waals surface area contributed by atoms with E-state index in [9.17, 15) is 8.42 Å². The van der Waals surface area contributed by atoms with E-state index in [4.69, 9.17) is 11.6 Å². The van der Waals surface area contributed by atoms with Crippen LogP contribution in [0.3, 0.4) is 0 Å². The summed E-state index contributed by atoms with van der Waals surface area (Å²) in [7, 11) is -3.11. The number of hydrogen-bond acceptors (Lipinski definition) is 9. The van der Waals surface area contributed by atoms with Crippen molar-refractivity contribution < 1.29 is 8.42 Å². The molecule has 12 heteroatoms. The number of nitrogens with one attached hydrogen (secondary N) is 2. The van der Waals surface area contributed by atoms with Crippen molar-refractivity contribution in [1.82, 2.24) is 29.1 Å². The lowest BCUT2D eigenvalue weighted by molar-refractivity contribution is 0.182. The molecule has 198 valence electrons. The first-order chi connectivity index (χ1) is 17.8. The Bertz CT molecular complexity index is 1310. The first-order valence-corrected chi connectivity index (χ1v) is 15.0. The molecule has 0 bridgehead atoms. The molecule has 0 unspecified atom stereocenters. The Kier molecular flexibility index (Phi) is 8.04. The smallest absolute Gasteiger partial charge is 0.222 e. The summed E-state index contributed by atoms with van der Waals surface area (Å²) in [5, 5.41) is 8.38. The van der Waals surface area contributed by atoms with E-state index >= 15 is 0 Å². The average Bonchev–Trinajstić information content (AvgIpc) is 2.89. The van der Waals surface area contributed by atoms with E-state index in [2.05, 4.69) is 35.5 Å². The number of piperazine rings is 1. The predicted molar refractivity (Wildman–Crippen MR) is 146 cm³/mol. The third-order valence-corrected chi connectivity index (χ3v) is 8.80. The van der Waals surface area contributed by atoms with Gasteiger partial charge in [0.05, 0.1) is 6.26 Å². The fourth-order valence-corrected chi connectivity index (χ4v) is 6.09. The summed E-state index contributed by atoms with van der Waals surface area (Å²) >= 11 is 6.21. The number of pyridine rings is 2. The number of rotatable bonds is 8. The van der Waals surface area contributed by atoms with Crippen LogP contribution in [0.2, 0.25) is 5.15 Å². The van der Waals surface area contributed by atoms with Crippen LogP contribution >= 0.6 is 11.6 Å². The zero-order valence-electron chi connectivity index (χ0n) is 21.0. The van der Waals surface area contributed by atoms with Gasteiger partial charge in [0, 0.05) is 74.9 Å². The topological polar surface area (TPSA) is 116 Å². The van der Waals surface area contributed by atoms with Gasteiger partial charge in [-0.25, -0.2) is 28.4 Å². The monoisotopic (exact) mass is 544 g/mol. The predicted octanol–water partition coefficient (Wildman–Crippen LogP) is 3.23. The minimum absolute atomic E-state index is 0.395. The van der Waals surface area contributed by atoms with Crippen molar-refractivity contribution >= 4 is 44.3 Å². The van der Waals surface area contributed by atoms with Crippen LogP contribution in [0.4, 0.5) is 11.8 Å². The number of halogens is 1. The molecule has 1 saturated carbocycles. The summed E-state index contributed by atoms with van der Waals surface area (Å²) in [6, 6.07) is 6.34. The van der Waals surface area contributed by atoms with E-state index in [1.165, 1.54) is 10.6 Å². The molecule has 1 aliphatic heterocycles. The van der Waals surface area contributed by atoms with Gasteiger partial charge in [-0.1, -0.05) is 11.6 Å². The van der Waals surface area contributed by atoms with Crippen LogP contribution in [-0.2, 0) is 16.6 Å². The second-order valence-corrected chi connectivity index (χ2v) is 12.3. The number of nitrogens with zero attached hydrogens (tertiary/aromatic N) is 6. The maximum Gasteiger partial charge on any atom is 0.222 e. The van der Waals surface area contributed by atoms with Crippen molar-refractivity contribution in [3.05, 3.63) is 47.5 Å². The summed E-state index contributed by atoms with van der Waals surface area (Å²) in [6.07, 6.45) is 11.1. The number of sulfonamides is 1. The minimum Gasteiger partial charge on any atom is -0.367 e. The summed E-state index contributed by atoms with van der Waals surface area (Å²) in [5.41, 5.74) is 1.76. The van der Waals surface area contributed by atoms with E-state index in [0.717, 1.165) is 61.1 Å². The van der Waals surface area contributed by atoms with Gasteiger partial charge in [-0.05, 0) is 49.8 Å². The van der Waals surface area contributed by atoms with Crippen molar-refractivity contribution in [3.8, 4) is 0 Å². The van der Waals surface area contributed by atoms with E-state index in [1.807, 2.05) is 30.6 Å². The Labute approximate surface area is 222 Å². The molecule has 0 spiro atoms. The highest BCUT2D eigenvalue weighted by molar-refractivity contribution is 7.88.